The summed E-state index contributed by atoms with van der Waals surface area (Å²) in [7, 11) is 1.52. The quantitative estimate of drug-likeness (QED) is 0.776. The lowest BCUT2D eigenvalue weighted by Gasteiger charge is -2.36. The van der Waals surface area contributed by atoms with Gasteiger partial charge in [0.1, 0.15) is 5.75 Å². The molecule has 0 aliphatic carbocycles. The van der Waals surface area contributed by atoms with Crippen molar-refractivity contribution < 1.29 is 17.9 Å². The molecule has 1 saturated heterocycles. The molecule has 1 aromatic rings. The van der Waals surface area contributed by atoms with Crippen LogP contribution in [0, 0.1) is 0 Å². The molecular formula is C15H22Cl3F3N2O. The van der Waals surface area contributed by atoms with Gasteiger partial charge < -0.3 is 10.1 Å². The predicted octanol–water partition coefficient (Wildman–Crippen LogP) is 4.48. The molecule has 1 heterocycles. The number of benzene rings is 1. The second-order valence-electron chi connectivity index (χ2n) is 5.34. The minimum atomic E-state index is -4.17. The lowest BCUT2D eigenvalue weighted by Crippen LogP contribution is -2.45. The van der Waals surface area contributed by atoms with Crippen LogP contribution in [-0.4, -0.2) is 44.4 Å². The summed E-state index contributed by atoms with van der Waals surface area (Å²) in [6.45, 7) is 2.95. The van der Waals surface area contributed by atoms with Gasteiger partial charge in [0.2, 0.25) is 0 Å². The van der Waals surface area contributed by atoms with Gasteiger partial charge in [0.25, 0.3) is 0 Å². The first-order valence-electron chi connectivity index (χ1n) is 7.25. The van der Waals surface area contributed by atoms with Crippen LogP contribution in [-0.2, 0) is 0 Å². The van der Waals surface area contributed by atoms with Gasteiger partial charge in [-0.15, -0.1) is 24.8 Å². The second-order valence-corrected chi connectivity index (χ2v) is 5.78. The highest BCUT2D eigenvalue weighted by Gasteiger charge is 2.32. The fraction of sp³-hybridized carbons (Fsp3) is 0.600. The number of rotatable bonds is 5. The Bertz CT molecular complexity index is 497. The predicted molar refractivity (Wildman–Crippen MR) is 95.0 cm³/mol. The Balaban J connectivity index is 0.00000264. The van der Waals surface area contributed by atoms with Gasteiger partial charge in [-0.2, -0.15) is 13.2 Å². The third kappa shape index (κ3) is 6.84. The molecule has 1 atom stereocenters. The normalized spacial score (nSPS) is 16.7. The van der Waals surface area contributed by atoms with Gasteiger partial charge in [0, 0.05) is 49.2 Å². The smallest absolute Gasteiger partial charge is 0.389 e. The van der Waals surface area contributed by atoms with Crippen LogP contribution in [0.4, 0.5) is 13.2 Å². The molecule has 1 aliphatic heterocycles. The Kier molecular flexibility index (Phi) is 10.4. The number of alkyl halides is 3. The lowest BCUT2D eigenvalue weighted by atomic mass is 9.98. The van der Waals surface area contributed by atoms with Crippen LogP contribution in [0.15, 0.2) is 18.2 Å². The molecule has 0 aromatic heterocycles. The minimum absolute atomic E-state index is 0. The summed E-state index contributed by atoms with van der Waals surface area (Å²) < 4.78 is 43.3. The highest BCUT2D eigenvalue weighted by Crippen LogP contribution is 2.37. The van der Waals surface area contributed by atoms with Gasteiger partial charge in [0.15, 0.2) is 0 Å². The molecule has 0 radical (unpaired) electrons. The van der Waals surface area contributed by atoms with Crippen LogP contribution in [0.3, 0.4) is 0 Å². The van der Waals surface area contributed by atoms with Crippen molar-refractivity contribution in [3.63, 3.8) is 0 Å². The maximum Gasteiger partial charge on any atom is 0.389 e. The van der Waals surface area contributed by atoms with E-state index in [1.165, 1.54) is 7.11 Å². The number of methoxy groups -OCH3 is 1. The van der Waals surface area contributed by atoms with E-state index in [0.29, 0.717) is 23.9 Å². The Hall–Kier alpha value is -0.400. The summed E-state index contributed by atoms with van der Waals surface area (Å²) in [5.74, 6) is 0.579. The third-order valence-corrected chi connectivity index (χ3v) is 4.08. The summed E-state index contributed by atoms with van der Waals surface area (Å²) in [6, 6.07) is 4.75. The Morgan fingerprint density at radius 3 is 2.42 bits per heavy atom. The summed E-state index contributed by atoms with van der Waals surface area (Å²) >= 11 is 6.04. The summed E-state index contributed by atoms with van der Waals surface area (Å²) in [5, 5.41) is 3.71. The number of nitrogens with one attached hydrogen (secondary N) is 1. The number of halogens is 6. The largest absolute Gasteiger partial charge is 0.496 e. The molecule has 1 fully saturated rings. The Labute approximate surface area is 157 Å². The molecule has 24 heavy (non-hydrogen) atoms. The standard InChI is InChI=1S/C15H20ClF3N2O.2ClH/c1-22-14-3-2-11(16)10-12(14)13(4-5-15(17,18)19)21-8-6-20-7-9-21;;/h2-3,10,13,20H,4-9H2,1H3;2*1H/t13-;;/m0../s1. The summed E-state index contributed by atoms with van der Waals surface area (Å²) in [6.07, 6.45) is -4.99. The molecule has 0 amide bonds. The molecule has 140 valence electrons. The van der Waals surface area contributed by atoms with Crippen LogP contribution in [0.5, 0.6) is 5.75 Å². The van der Waals surface area contributed by atoms with Crippen molar-refractivity contribution in [1.82, 2.24) is 10.2 Å². The highest BCUT2D eigenvalue weighted by atomic mass is 35.5. The SMILES string of the molecule is COc1ccc(Cl)cc1[C@H](CCC(F)(F)F)N1CCNCC1.Cl.Cl. The molecule has 0 unspecified atom stereocenters. The van der Waals surface area contributed by atoms with Crippen molar-refractivity contribution in [2.75, 3.05) is 33.3 Å². The van der Waals surface area contributed by atoms with E-state index in [9.17, 15) is 13.2 Å². The van der Waals surface area contributed by atoms with E-state index in [0.717, 1.165) is 18.7 Å². The first kappa shape index (κ1) is 23.6. The maximum atomic E-state index is 12.7. The minimum Gasteiger partial charge on any atom is -0.496 e. The fourth-order valence-electron chi connectivity index (χ4n) is 2.79. The van der Waals surface area contributed by atoms with E-state index in [2.05, 4.69) is 10.2 Å². The van der Waals surface area contributed by atoms with Gasteiger partial charge in [-0.3, -0.25) is 4.90 Å². The molecule has 1 aliphatic rings. The van der Waals surface area contributed by atoms with Gasteiger partial charge in [-0.05, 0) is 24.6 Å². The van der Waals surface area contributed by atoms with Crippen molar-refractivity contribution in [1.29, 1.82) is 0 Å². The zero-order chi connectivity index (χ0) is 16.2. The van der Waals surface area contributed by atoms with E-state index < -0.39 is 12.6 Å². The van der Waals surface area contributed by atoms with E-state index >= 15 is 0 Å². The average molecular weight is 410 g/mol. The Morgan fingerprint density at radius 1 is 1.25 bits per heavy atom. The van der Waals surface area contributed by atoms with Crippen LogP contribution >= 0.6 is 36.4 Å². The first-order chi connectivity index (χ1) is 10.4. The van der Waals surface area contributed by atoms with Crippen molar-refractivity contribution in [3.05, 3.63) is 28.8 Å². The van der Waals surface area contributed by atoms with Crippen LogP contribution < -0.4 is 10.1 Å². The first-order valence-corrected chi connectivity index (χ1v) is 7.63. The fourth-order valence-corrected chi connectivity index (χ4v) is 2.98. The lowest BCUT2D eigenvalue weighted by molar-refractivity contribution is -0.138. The summed E-state index contributed by atoms with van der Waals surface area (Å²) in [5.41, 5.74) is 0.723. The third-order valence-electron chi connectivity index (χ3n) is 3.84. The molecule has 0 bridgehead atoms. The van der Waals surface area contributed by atoms with Crippen LogP contribution in [0.1, 0.15) is 24.4 Å². The van der Waals surface area contributed by atoms with Gasteiger partial charge >= 0.3 is 6.18 Å². The van der Waals surface area contributed by atoms with Crippen molar-refractivity contribution in [2.45, 2.75) is 25.1 Å². The maximum absolute atomic E-state index is 12.7. The molecule has 1 aromatic carbocycles. The zero-order valence-corrected chi connectivity index (χ0v) is 15.6. The highest BCUT2D eigenvalue weighted by molar-refractivity contribution is 6.30. The monoisotopic (exact) mass is 408 g/mol. The van der Waals surface area contributed by atoms with Crippen LogP contribution in [0.2, 0.25) is 5.02 Å². The molecule has 9 heteroatoms. The van der Waals surface area contributed by atoms with E-state index in [1.807, 2.05) is 0 Å². The van der Waals surface area contributed by atoms with Crippen molar-refractivity contribution in [2.24, 2.45) is 0 Å². The van der Waals surface area contributed by atoms with Gasteiger partial charge in [-0.25, -0.2) is 0 Å². The van der Waals surface area contributed by atoms with E-state index in [-0.39, 0.29) is 37.3 Å². The van der Waals surface area contributed by atoms with Crippen LogP contribution in [0.25, 0.3) is 0 Å². The van der Waals surface area contributed by atoms with Gasteiger partial charge in [-0.1, -0.05) is 11.6 Å². The number of ether oxygens (including phenoxy) is 1. The molecule has 0 spiro atoms. The molecule has 1 N–H and O–H groups in total. The number of hydrogen-bond donors (Lipinski definition) is 1. The molecule has 0 saturated carbocycles. The number of nitrogens with zero attached hydrogens (tertiary/aromatic N) is 1. The average Bonchev–Trinajstić information content (AvgIpc) is 2.48. The van der Waals surface area contributed by atoms with Gasteiger partial charge in [0.05, 0.1) is 7.11 Å². The molecular weight excluding hydrogens is 388 g/mol. The zero-order valence-electron chi connectivity index (χ0n) is 13.2. The molecule has 3 nitrogen and oxygen atoms in total. The summed E-state index contributed by atoms with van der Waals surface area (Å²) in [4.78, 5) is 2.07. The number of piperazine rings is 1. The second kappa shape index (κ2) is 10.6. The molecule has 2 rings (SSSR count). The van der Waals surface area contributed by atoms with Crippen molar-refractivity contribution in [3.8, 4) is 5.75 Å². The van der Waals surface area contributed by atoms with Crippen molar-refractivity contribution >= 4 is 36.4 Å². The number of hydrogen-bond acceptors (Lipinski definition) is 3. The van der Waals surface area contributed by atoms with E-state index in [4.69, 9.17) is 16.3 Å². The Morgan fingerprint density at radius 2 is 1.88 bits per heavy atom. The van der Waals surface area contributed by atoms with E-state index in [1.54, 1.807) is 18.2 Å². The topological polar surface area (TPSA) is 24.5 Å².